The predicted octanol–water partition coefficient (Wildman–Crippen LogP) is 2.12. The number of nitrogens with one attached hydrogen (secondary N) is 1. The lowest BCUT2D eigenvalue weighted by molar-refractivity contribution is -0.132. The summed E-state index contributed by atoms with van der Waals surface area (Å²) in [6, 6.07) is 12.5. The molecule has 0 atom stereocenters. The van der Waals surface area contributed by atoms with Gasteiger partial charge in [0.05, 0.1) is 5.75 Å². The van der Waals surface area contributed by atoms with Crippen molar-refractivity contribution in [2.45, 2.75) is 25.7 Å². The van der Waals surface area contributed by atoms with Gasteiger partial charge in [-0.3, -0.25) is 9.59 Å². The molecule has 0 bridgehead atoms. The summed E-state index contributed by atoms with van der Waals surface area (Å²) in [5, 5.41) is 2.57. The molecule has 3 rings (SSSR count). The van der Waals surface area contributed by atoms with Crippen LogP contribution in [0.1, 0.15) is 24.0 Å². The Morgan fingerprint density at radius 1 is 0.824 bits per heavy atom. The summed E-state index contributed by atoms with van der Waals surface area (Å²) < 4.78 is 53.8. The minimum Gasteiger partial charge on any atom is -0.355 e. The highest BCUT2D eigenvalue weighted by molar-refractivity contribution is 7.89. The lowest BCUT2D eigenvalue weighted by Crippen LogP contribution is -2.51. The molecule has 0 spiro atoms. The van der Waals surface area contributed by atoms with Crippen LogP contribution in [-0.4, -0.2) is 67.9 Å². The average molecular weight is 494 g/mol. The van der Waals surface area contributed by atoms with Crippen molar-refractivity contribution in [2.75, 3.05) is 38.5 Å². The number of sulfonamides is 1. The maximum absolute atomic E-state index is 13.7. The summed E-state index contributed by atoms with van der Waals surface area (Å²) in [4.78, 5) is 26.0. The Hall–Kier alpha value is -2.85. The summed E-state index contributed by atoms with van der Waals surface area (Å²) in [6.45, 7) is 0.846. The maximum atomic E-state index is 13.7. The molecule has 2 aromatic rings. The third-order valence-corrected chi connectivity index (χ3v) is 7.68. The van der Waals surface area contributed by atoms with Gasteiger partial charge in [-0.2, -0.15) is 4.31 Å². The van der Waals surface area contributed by atoms with Gasteiger partial charge in [0.1, 0.15) is 11.6 Å². The number of hydrogen-bond acceptors (Lipinski definition) is 4. The third kappa shape index (κ3) is 7.33. The summed E-state index contributed by atoms with van der Waals surface area (Å²) in [5.41, 5.74) is 0.916. The second-order valence-corrected chi connectivity index (χ2v) is 10.2. The third-order valence-electron chi connectivity index (χ3n) is 5.81. The number of rotatable bonds is 10. The van der Waals surface area contributed by atoms with E-state index in [1.807, 2.05) is 0 Å². The SMILES string of the molecule is O=C(CCc1ccccc1F)NCCS(=O)(=O)N1CCN(C(=O)CCc2ccccc2F)CC1. The summed E-state index contributed by atoms with van der Waals surface area (Å²) in [7, 11) is -3.59. The first-order valence-corrected chi connectivity index (χ1v) is 12.9. The van der Waals surface area contributed by atoms with Gasteiger partial charge in [-0.15, -0.1) is 0 Å². The van der Waals surface area contributed by atoms with Crippen LogP contribution in [0.25, 0.3) is 0 Å². The molecule has 0 aliphatic carbocycles. The topological polar surface area (TPSA) is 86.8 Å². The molecule has 0 saturated carbocycles. The van der Waals surface area contributed by atoms with E-state index in [4.69, 9.17) is 0 Å². The first-order valence-electron chi connectivity index (χ1n) is 11.3. The monoisotopic (exact) mass is 493 g/mol. The van der Waals surface area contributed by atoms with Crippen LogP contribution in [0.15, 0.2) is 48.5 Å². The Bertz CT molecular complexity index is 1100. The molecule has 184 valence electrons. The van der Waals surface area contributed by atoms with Crippen molar-refractivity contribution in [3.8, 4) is 0 Å². The fourth-order valence-corrected chi connectivity index (χ4v) is 5.14. The van der Waals surface area contributed by atoms with Crippen LogP contribution < -0.4 is 5.32 Å². The highest BCUT2D eigenvalue weighted by atomic mass is 32.2. The molecule has 7 nitrogen and oxygen atoms in total. The van der Waals surface area contributed by atoms with Gasteiger partial charge < -0.3 is 10.2 Å². The van der Waals surface area contributed by atoms with Crippen LogP contribution in [0, 0.1) is 11.6 Å². The van der Waals surface area contributed by atoms with Gasteiger partial charge >= 0.3 is 0 Å². The molecular weight excluding hydrogens is 464 g/mol. The van der Waals surface area contributed by atoms with Crippen molar-refractivity contribution in [1.82, 2.24) is 14.5 Å². The standard InChI is InChI=1S/C24H29F2N3O4S/c25-21-7-3-1-5-19(21)9-11-23(30)27-13-18-34(32,33)29-16-14-28(15-17-29)24(31)12-10-20-6-2-4-8-22(20)26/h1-8H,9-18H2,(H,27,30). The molecule has 1 aliphatic heterocycles. The zero-order chi connectivity index (χ0) is 24.6. The van der Waals surface area contributed by atoms with Crippen molar-refractivity contribution in [2.24, 2.45) is 0 Å². The number of nitrogens with zero attached hydrogens (tertiary/aromatic N) is 2. The fraction of sp³-hybridized carbons (Fsp3) is 0.417. The Kier molecular flexibility index (Phi) is 9.12. The van der Waals surface area contributed by atoms with Crippen LogP contribution in [0.2, 0.25) is 0 Å². The molecule has 1 saturated heterocycles. The second kappa shape index (κ2) is 12.0. The van der Waals surface area contributed by atoms with E-state index in [1.165, 1.54) is 16.4 Å². The van der Waals surface area contributed by atoms with E-state index in [-0.39, 0.29) is 81.2 Å². The quantitative estimate of drug-likeness (QED) is 0.549. The molecule has 2 aromatic carbocycles. The van der Waals surface area contributed by atoms with Gasteiger partial charge in [0, 0.05) is 45.6 Å². The summed E-state index contributed by atoms with van der Waals surface area (Å²) in [5.74, 6) is -1.45. The fourth-order valence-electron chi connectivity index (χ4n) is 3.80. The number of hydrogen-bond donors (Lipinski definition) is 1. The zero-order valence-electron chi connectivity index (χ0n) is 18.9. The minimum atomic E-state index is -3.59. The molecule has 1 heterocycles. The highest BCUT2D eigenvalue weighted by Crippen LogP contribution is 2.13. The molecule has 1 aliphatic rings. The van der Waals surface area contributed by atoms with Crippen LogP contribution >= 0.6 is 0 Å². The molecule has 2 amide bonds. The first kappa shape index (κ1) is 25.8. The molecule has 34 heavy (non-hydrogen) atoms. The van der Waals surface area contributed by atoms with Gasteiger partial charge in [0.2, 0.25) is 21.8 Å². The number of aryl methyl sites for hydroxylation is 2. The Morgan fingerprint density at radius 2 is 1.35 bits per heavy atom. The van der Waals surface area contributed by atoms with E-state index < -0.39 is 10.0 Å². The number of carbonyl (C=O) groups is 2. The van der Waals surface area contributed by atoms with Crippen molar-refractivity contribution in [3.05, 3.63) is 71.3 Å². The number of piperazine rings is 1. The average Bonchev–Trinajstić information content (AvgIpc) is 2.83. The normalized spacial score (nSPS) is 14.7. The molecule has 0 aromatic heterocycles. The van der Waals surface area contributed by atoms with E-state index >= 15 is 0 Å². The van der Waals surface area contributed by atoms with Gasteiger partial charge in [-0.25, -0.2) is 17.2 Å². The number of benzene rings is 2. The maximum Gasteiger partial charge on any atom is 0.222 e. The number of carbonyl (C=O) groups excluding carboxylic acids is 2. The van der Waals surface area contributed by atoms with Crippen LogP contribution in [0.5, 0.6) is 0 Å². The second-order valence-electron chi connectivity index (χ2n) is 8.13. The van der Waals surface area contributed by atoms with Crippen LogP contribution in [0.4, 0.5) is 8.78 Å². The molecule has 1 N–H and O–H groups in total. The van der Waals surface area contributed by atoms with Crippen molar-refractivity contribution in [3.63, 3.8) is 0 Å². The van der Waals surface area contributed by atoms with E-state index in [2.05, 4.69) is 5.32 Å². The van der Waals surface area contributed by atoms with E-state index in [0.29, 0.717) is 17.5 Å². The Morgan fingerprint density at radius 3 is 1.91 bits per heavy atom. The van der Waals surface area contributed by atoms with Crippen LogP contribution in [0.3, 0.4) is 0 Å². The number of halogens is 2. The van der Waals surface area contributed by atoms with Gasteiger partial charge in [0.15, 0.2) is 0 Å². The minimum absolute atomic E-state index is 0.0414. The first-order chi connectivity index (χ1) is 16.3. The molecule has 0 radical (unpaired) electrons. The lowest BCUT2D eigenvalue weighted by Gasteiger charge is -2.34. The van der Waals surface area contributed by atoms with Crippen molar-refractivity contribution >= 4 is 21.8 Å². The van der Waals surface area contributed by atoms with Crippen molar-refractivity contribution in [1.29, 1.82) is 0 Å². The predicted molar refractivity (Wildman–Crippen MR) is 124 cm³/mol. The van der Waals surface area contributed by atoms with Gasteiger partial charge in [-0.1, -0.05) is 36.4 Å². The van der Waals surface area contributed by atoms with Crippen molar-refractivity contribution < 1.29 is 26.8 Å². The van der Waals surface area contributed by atoms with Gasteiger partial charge in [0.25, 0.3) is 0 Å². The number of amides is 2. The Balaban J connectivity index is 1.36. The van der Waals surface area contributed by atoms with E-state index in [1.54, 1.807) is 41.3 Å². The lowest BCUT2D eigenvalue weighted by atomic mass is 10.1. The van der Waals surface area contributed by atoms with Gasteiger partial charge in [-0.05, 0) is 36.1 Å². The zero-order valence-corrected chi connectivity index (χ0v) is 19.7. The Labute approximate surface area is 198 Å². The molecule has 10 heteroatoms. The molecular formula is C24H29F2N3O4S. The largest absolute Gasteiger partial charge is 0.355 e. The summed E-state index contributed by atoms with van der Waals surface area (Å²) in [6.07, 6.45) is 0.750. The smallest absolute Gasteiger partial charge is 0.222 e. The summed E-state index contributed by atoms with van der Waals surface area (Å²) >= 11 is 0. The van der Waals surface area contributed by atoms with E-state index in [0.717, 1.165) is 0 Å². The highest BCUT2D eigenvalue weighted by Gasteiger charge is 2.28. The van der Waals surface area contributed by atoms with Crippen LogP contribution in [-0.2, 0) is 32.5 Å². The van der Waals surface area contributed by atoms with E-state index in [9.17, 15) is 26.8 Å². The molecule has 0 unspecified atom stereocenters. The molecule has 1 fully saturated rings.